The molecular formula is C28H31N3O7S. The fourth-order valence-corrected chi connectivity index (χ4v) is 4.96. The van der Waals surface area contributed by atoms with Crippen LogP contribution in [0.15, 0.2) is 78.0 Å². The number of nitrogens with one attached hydrogen (secondary N) is 2. The molecule has 1 aromatic heterocycles. The summed E-state index contributed by atoms with van der Waals surface area (Å²) in [4.78, 5) is 23.8. The van der Waals surface area contributed by atoms with Crippen LogP contribution in [0.25, 0.3) is 0 Å². The van der Waals surface area contributed by atoms with E-state index in [9.17, 15) is 19.9 Å². The van der Waals surface area contributed by atoms with Gasteiger partial charge < -0.3 is 35.2 Å². The highest BCUT2D eigenvalue weighted by Crippen LogP contribution is 2.39. The number of hydrogen-bond acceptors (Lipinski definition) is 8. The van der Waals surface area contributed by atoms with Gasteiger partial charge in [0.1, 0.15) is 6.54 Å². The standard InChI is InChI=1S/C28H31N3O7S/c1-2-36-26(33)16-29-28(34)30-22-7-5-6-21(14-22)27-37-23(18-39-25-8-3-4-13-31(25)35)15-24(38-27)20-11-9-19(17-32)10-12-20/h3-14,23-24,27,32H,2,15-18H2,1H3,(H2,29,30,34)/t23-,24+,27+/m1/s1. The van der Waals surface area contributed by atoms with Crippen LogP contribution in [0.2, 0.25) is 0 Å². The first kappa shape index (κ1) is 28.4. The number of thioether (sulfide) groups is 1. The number of aliphatic hydroxyl groups excluding tert-OH is 1. The predicted octanol–water partition coefficient (Wildman–Crippen LogP) is 3.83. The monoisotopic (exact) mass is 553 g/mol. The summed E-state index contributed by atoms with van der Waals surface area (Å²) in [5.41, 5.74) is 2.95. The summed E-state index contributed by atoms with van der Waals surface area (Å²) in [6.07, 6.45) is 0.777. The normalized spacial score (nSPS) is 18.8. The van der Waals surface area contributed by atoms with E-state index in [4.69, 9.17) is 14.2 Å². The highest BCUT2D eigenvalue weighted by atomic mass is 32.2. The van der Waals surface area contributed by atoms with Gasteiger partial charge in [-0.05, 0) is 36.2 Å². The van der Waals surface area contributed by atoms with Crippen molar-refractivity contribution in [2.24, 2.45) is 0 Å². The molecule has 1 saturated heterocycles. The van der Waals surface area contributed by atoms with Gasteiger partial charge in [-0.3, -0.25) is 4.79 Å². The molecule has 1 aliphatic rings. The van der Waals surface area contributed by atoms with Crippen molar-refractivity contribution < 1.29 is 33.6 Å². The van der Waals surface area contributed by atoms with E-state index < -0.39 is 18.3 Å². The van der Waals surface area contributed by atoms with Gasteiger partial charge in [0.15, 0.2) is 12.5 Å². The third-order valence-corrected chi connectivity index (χ3v) is 7.09. The SMILES string of the molecule is CCOC(=O)CNC(=O)Nc1cccc([C@H]2O[C@@H](CSc3cccc[n+]3[O-])C[C@@H](c3ccc(CO)cc3)O2)c1. The summed E-state index contributed by atoms with van der Waals surface area (Å²) in [5, 5.41) is 27.3. The number of amides is 2. The van der Waals surface area contributed by atoms with Gasteiger partial charge in [-0.25, -0.2) is 4.79 Å². The second kappa shape index (κ2) is 13.9. The molecule has 0 spiro atoms. The van der Waals surface area contributed by atoms with Crippen molar-refractivity contribution >= 4 is 29.4 Å². The molecule has 1 aliphatic heterocycles. The molecule has 2 heterocycles. The smallest absolute Gasteiger partial charge is 0.325 e. The fourth-order valence-electron chi connectivity index (χ4n) is 4.03. The number of aliphatic hydroxyl groups is 1. The molecule has 39 heavy (non-hydrogen) atoms. The van der Waals surface area contributed by atoms with Crippen molar-refractivity contribution in [2.45, 2.75) is 43.5 Å². The lowest BCUT2D eigenvalue weighted by atomic mass is 10.0. The van der Waals surface area contributed by atoms with Crippen molar-refractivity contribution in [1.82, 2.24) is 5.32 Å². The average Bonchev–Trinajstić information content (AvgIpc) is 2.96. The molecule has 2 aromatic carbocycles. The van der Waals surface area contributed by atoms with Gasteiger partial charge in [-0.15, -0.1) is 0 Å². The summed E-state index contributed by atoms with van der Waals surface area (Å²) in [7, 11) is 0. The number of aromatic nitrogens is 1. The minimum Gasteiger partial charge on any atom is -0.618 e. The van der Waals surface area contributed by atoms with Crippen molar-refractivity contribution in [3.8, 4) is 0 Å². The summed E-state index contributed by atoms with van der Waals surface area (Å²) in [6.45, 7) is 1.64. The molecule has 0 radical (unpaired) electrons. The quantitative estimate of drug-likeness (QED) is 0.149. The number of rotatable bonds is 10. The number of esters is 1. The van der Waals surface area contributed by atoms with Crippen LogP contribution in [0.3, 0.4) is 0 Å². The molecule has 3 aromatic rings. The van der Waals surface area contributed by atoms with E-state index in [0.717, 1.165) is 15.9 Å². The number of nitrogens with zero attached hydrogens (tertiary/aromatic N) is 1. The minimum atomic E-state index is -0.730. The summed E-state index contributed by atoms with van der Waals surface area (Å²) >= 11 is 1.41. The van der Waals surface area contributed by atoms with Crippen LogP contribution >= 0.6 is 11.8 Å². The summed E-state index contributed by atoms with van der Waals surface area (Å²) in [6, 6.07) is 19.4. The van der Waals surface area contributed by atoms with E-state index in [2.05, 4.69) is 10.6 Å². The van der Waals surface area contributed by atoms with E-state index in [1.54, 1.807) is 37.3 Å². The molecular weight excluding hydrogens is 522 g/mol. The Morgan fingerprint density at radius 3 is 2.67 bits per heavy atom. The van der Waals surface area contributed by atoms with Crippen LogP contribution in [0, 0.1) is 5.21 Å². The Bertz CT molecular complexity index is 1260. The first-order valence-electron chi connectivity index (χ1n) is 12.6. The van der Waals surface area contributed by atoms with Crippen molar-refractivity contribution in [3.63, 3.8) is 0 Å². The van der Waals surface area contributed by atoms with Crippen LogP contribution in [-0.2, 0) is 25.6 Å². The van der Waals surface area contributed by atoms with Gasteiger partial charge in [0.05, 0.1) is 25.4 Å². The zero-order valence-electron chi connectivity index (χ0n) is 21.4. The molecule has 3 N–H and O–H groups in total. The van der Waals surface area contributed by atoms with E-state index in [1.807, 2.05) is 36.4 Å². The van der Waals surface area contributed by atoms with Gasteiger partial charge in [0, 0.05) is 35.6 Å². The third kappa shape index (κ3) is 8.17. The zero-order chi connectivity index (χ0) is 27.6. The maximum atomic E-state index is 12.3. The lowest BCUT2D eigenvalue weighted by molar-refractivity contribution is -0.645. The maximum absolute atomic E-state index is 12.3. The molecule has 10 nitrogen and oxygen atoms in total. The van der Waals surface area contributed by atoms with Crippen LogP contribution < -0.4 is 15.4 Å². The number of anilines is 1. The first-order chi connectivity index (χ1) is 18.9. The Balaban J connectivity index is 1.48. The number of carbonyl (C=O) groups excluding carboxylic acids is 2. The molecule has 4 rings (SSSR count). The second-order valence-electron chi connectivity index (χ2n) is 8.76. The van der Waals surface area contributed by atoms with Gasteiger partial charge in [-0.2, -0.15) is 4.73 Å². The number of carbonyl (C=O) groups is 2. The topological polar surface area (TPSA) is 133 Å². The second-order valence-corrected chi connectivity index (χ2v) is 9.80. The first-order valence-corrected chi connectivity index (χ1v) is 13.6. The molecule has 11 heteroatoms. The largest absolute Gasteiger partial charge is 0.618 e. The maximum Gasteiger partial charge on any atom is 0.325 e. The molecule has 0 aliphatic carbocycles. The van der Waals surface area contributed by atoms with Crippen LogP contribution in [0.4, 0.5) is 10.5 Å². The van der Waals surface area contributed by atoms with Gasteiger partial charge in [0.2, 0.25) is 0 Å². The summed E-state index contributed by atoms with van der Waals surface area (Å²) in [5.74, 6) is 0.0105. The predicted molar refractivity (Wildman–Crippen MR) is 145 cm³/mol. The molecule has 3 atom stereocenters. The molecule has 2 amide bonds. The zero-order valence-corrected chi connectivity index (χ0v) is 22.3. The fraction of sp³-hybridized carbons (Fsp3) is 0.321. The number of benzene rings is 2. The minimum absolute atomic E-state index is 0.0454. The Morgan fingerprint density at radius 2 is 1.92 bits per heavy atom. The van der Waals surface area contributed by atoms with Crippen molar-refractivity contribution in [1.29, 1.82) is 0 Å². The van der Waals surface area contributed by atoms with Gasteiger partial charge in [0.25, 0.3) is 5.03 Å². The van der Waals surface area contributed by atoms with Crippen molar-refractivity contribution in [2.75, 3.05) is 24.2 Å². The molecule has 0 unspecified atom stereocenters. The van der Waals surface area contributed by atoms with Crippen LogP contribution in [-0.4, -0.2) is 42.1 Å². The lowest BCUT2D eigenvalue weighted by Gasteiger charge is -2.36. The number of hydrogen-bond donors (Lipinski definition) is 3. The Morgan fingerprint density at radius 1 is 1.10 bits per heavy atom. The van der Waals surface area contributed by atoms with Crippen LogP contribution in [0.5, 0.6) is 0 Å². The van der Waals surface area contributed by atoms with Crippen LogP contribution in [0.1, 0.15) is 42.4 Å². The Kier molecular flexibility index (Phi) is 10.1. The van der Waals surface area contributed by atoms with Crippen molar-refractivity contribution in [3.05, 3.63) is 94.8 Å². The highest BCUT2D eigenvalue weighted by molar-refractivity contribution is 7.99. The van der Waals surface area contributed by atoms with Gasteiger partial charge >= 0.3 is 12.0 Å². The Hall–Kier alpha value is -3.64. The van der Waals surface area contributed by atoms with E-state index in [0.29, 0.717) is 28.5 Å². The number of pyridine rings is 1. The van der Waals surface area contributed by atoms with E-state index >= 15 is 0 Å². The number of ether oxygens (including phenoxy) is 3. The highest BCUT2D eigenvalue weighted by Gasteiger charge is 2.33. The average molecular weight is 554 g/mol. The van der Waals surface area contributed by atoms with E-state index in [-0.39, 0.29) is 32.0 Å². The third-order valence-electron chi connectivity index (χ3n) is 5.94. The number of urea groups is 1. The summed E-state index contributed by atoms with van der Waals surface area (Å²) < 4.78 is 18.3. The molecule has 206 valence electrons. The molecule has 0 saturated carbocycles. The molecule has 0 bridgehead atoms. The molecule has 1 fully saturated rings. The Labute approximate surface area is 230 Å². The van der Waals surface area contributed by atoms with Gasteiger partial charge in [-0.1, -0.05) is 48.2 Å². The van der Waals surface area contributed by atoms with E-state index in [1.165, 1.54) is 18.0 Å². The lowest BCUT2D eigenvalue weighted by Crippen LogP contribution is -2.34.